The Hall–Kier alpha value is -2.24. The van der Waals surface area contributed by atoms with Crippen molar-refractivity contribution in [3.8, 4) is 0 Å². The number of nitrogens with one attached hydrogen (secondary N) is 1. The van der Waals surface area contributed by atoms with Crippen LogP contribution in [0.15, 0.2) is 30.7 Å². The summed E-state index contributed by atoms with van der Waals surface area (Å²) in [6, 6.07) is 0.240. The van der Waals surface area contributed by atoms with Gasteiger partial charge in [0, 0.05) is 30.4 Å². The van der Waals surface area contributed by atoms with Crippen LogP contribution in [0.4, 0.5) is 0 Å². The first-order valence-electron chi connectivity index (χ1n) is 11.0. The maximum atomic E-state index is 13.5. The second-order valence-electron chi connectivity index (χ2n) is 9.30. The van der Waals surface area contributed by atoms with E-state index in [4.69, 9.17) is 0 Å². The standard InChI is InChI=1S/C23H32N4O2/c1-16(2)9-10-23(22(29)26-15-18-14-24-11-12-25-18)13-19-7-8-20(23)27(19)21(28)17-5-3-4-6-17/h3-4,11-12,14,16-17,19-20H,5-10,13,15H2,1-2H3,(H,26,29)/t19-,20+,23+/m1/s1. The number of nitrogens with zero attached hydrogens (tertiary/aromatic N) is 3. The van der Waals surface area contributed by atoms with E-state index in [0.29, 0.717) is 12.5 Å². The van der Waals surface area contributed by atoms with Gasteiger partial charge in [-0.05, 0) is 50.9 Å². The first kappa shape index (κ1) is 20.0. The lowest BCUT2D eigenvalue weighted by Crippen LogP contribution is -2.50. The van der Waals surface area contributed by atoms with Crippen LogP contribution in [0.1, 0.15) is 64.5 Å². The van der Waals surface area contributed by atoms with Crippen LogP contribution in [0.3, 0.4) is 0 Å². The van der Waals surface area contributed by atoms with E-state index < -0.39 is 5.41 Å². The van der Waals surface area contributed by atoms with Crippen molar-refractivity contribution in [1.82, 2.24) is 20.2 Å². The van der Waals surface area contributed by atoms with Crippen molar-refractivity contribution in [1.29, 1.82) is 0 Å². The van der Waals surface area contributed by atoms with Gasteiger partial charge in [-0.3, -0.25) is 19.6 Å². The molecule has 0 saturated carbocycles. The molecule has 2 bridgehead atoms. The molecule has 0 spiro atoms. The number of hydrogen-bond donors (Lipinski definition) is 1. The predicted octanol–water partition coefficient (Wildman–Crippen LogP) is 3.24. The molecule has 4 rings (SSSR count). The van der Waals surface area contributed by atoms with Crippen molar-refractivity contribution >= 4 is 11.8 Å². The fourth-order valence-electron chi connectivity index (χ4n) is 5.49. The zero-order valence-electron chi connectivity index (χ0n) is 17.5. The van der Waals surface area contributed by atoms with Gasteiger partial charge in [-0.2, -0.15) is 0 Å². The minimum absolute atomic E-state index is 0.0289. The molecule has 2 saturated heterocycles. The summed E-state index contributed by atoms with van der Waals surface area (Å²) in [5, 5.41) is 3.13. The zero-order chi connectivity index (χ0) is 20.4. The molecule has 1 N–H and O–H groups in total. The van der Waals surface area contributed by atoms with Crippen LogP contribution in [0.5, 0.6) is 0 Å². The summed E-state index contributed by atoms with van der Waals surface area (Å²) < 4.78 is 0. The van der Waals surface area contributed by atoms with Crippen LogP contribution >= 0.6 is 0 Å². The molecule has 1 aliphatic carbocycles. The molecule has 3 aliphatic rings. The monoisotopic (exact) mass is 396 g/mol. The number of carbonyl (C=O) groups is 2. The summed E-state index contributed by atoms with van der Waals surface area (Å²) >= 11 is 0. The first-order chi connectivity index (χ1) is 14.0. The van der Waals surface area contributed by atoms with Crippen molar-refractivity contribution in [3.05, 3.63) is 36.4 Å². The van der Waals surface area contributed by atoms with Gasteiger partial charge < -0.3 is 10.2 Å². The average Bonchev–Trinajstić information content (AvgIpc) is 3.46. The number of aromatic nitrogens is 2. The van der Waals surface area contributed by atoms with Gasteiger partial charge in [0.2, 0.25) is 11.8 Å². The first-order valence-corrected chi connectivity index (χ1v) is 11.0. The molecule has 2 amide bonds. The van der Waals surface area contributed by atoms with Gasteiger partial charge >= 0.3 is 0 Å². The maximum absolute atomic E-state index is 13.5. The summed E-state index contributed by atoms with van der Waals surface area (Å²) in [6.07, 6.45) is 15.5. The largest absolute Gasteiger partial charge is 0.350 e. The molecule has 0 unspecified atom stereocenters. The SMILES string of the molecule is CC(C)CC[C@]1(C(=O)NCc2cnccn2)C[C@H]2CC[C@@H]1N2C(=O)C1CC=CC1. The van der Waals surface area contributed by atoms with E-state index in [1.54, 1.807) is 18.6 Å². The lowest BCUT2D eigenvalue weighted by atomic mass is 9.69. The molecule has 3 atom stereocenters. The molecule has 0 radical (unpaired) electrons. The topological polar surface area (TPSA) is 75.2 Å². The Morgan fingerprint density at radius 3 is 2.72 bits per heavy atom. The number of amides is 2. The molecule has 1 aromatic heterocycles. The Bertz CT molecular complexity index is 770. The maximum Gasteiger partial charge on any atom is 0.228 e. The third-order valence-electron chi connectivity index (χ3n) is 7.02. The molecule has 2 aliphatic heterocycles. The summed E-state index contributed by atoms with van der Waals surface area (Å²) in [6.45, 7) is 4.78. The van der Waals surface area contributed by atoms with Crippen LogP contribution in [0.2, 0.25) is 0 Å². The van der Waals surface area contributed by atoms with Crippen molar-refractivity contribution in [2.45, 2.75) is 77.4 Å². The predicted molar refractivity (Wildman–Crippen MR) is 111 cm³/mol. The van der Waals surface area contributed by atoms with Gasteiger partial charge in [-0.15, -0.1) is 0 Å². The van der Waals surface area contributed by atoms with Crippen molar-refractivity contribution < 1.29 is 9.59 Å². The minimum atomic E-state index is -0.475. The van der Waals surface area contributed by atoms with Gasteiger partial charge in [0.15, 0.2) is 0 Å². The quantitative estimate of drug-likeness (QED) is 0.718. The van der Waals surface area contributed by atoms with E-state index in [1.807, 2.05) is 0 Å². The van der Waals surface area contributed by atoms with E-state index in [1.165, 1.54) is 0 Å². The molecular formula is C23H32N4O2. The van der Waals surface area contributed by atoms with E-state index in [2.05, 4.69) is 46.2 Å². The Morgan fingerprint density at radius 2 is 2.03 bits per heavy atom. The second-order valence-corrected chi connectivity index (χ2v) is 9.30. The van der Waals surface area contributed by atoms with E-state index in [0.717, 1.165) is 50.6 Å². The van der Waals surface area contributed by atoms with Gasteiger partial charge in [0.25, 0.3) is 0 Å². The second kappa shape index (κ2) is 8.25. The molecule has 3 heterocycles. The summed E-state index contributed by atoms with van der Waals surface area (Å²) in [4.78, 5) is 37.3. The Morgan fingerprint density at radius 1 is 1.24 bits per heavy atom. The number of allylic oxidation sites excluding steroid dienone is 2. The van der Waals surface area contributed by atoms with Crippen molar-refractivity contribution in [2.24, 2.45) is 17.3 Å². The lowest BCUT2D eigenvalue weighted by molar-refractivity contribution is -0.139. The fourth-order valence-corrected chi connectivity index (χ4v) is 5.49. The molecule has 2 fully saturated rings. The highest BCUT2D eigenvalue weighted by atomic mass is 16.2. The highest BCUT2D eigenvalue weighted by Gasteiger charge is 2.61. The smallest absolute Gasteiger partial charge is 0.228 e. The Labute approximate surface area is 173 Å². The van der Waals surface area contributed by atoms with Crippen LogP contribution in [-0.4, -0.2) is 38.8 Å². The van der Waals surface area contributed by atoms with E-state index in [-0.39, 0.29) is 29.8 Å². The molecule has 156 valence electrons. The molecule has 1 aromatic rings. The zero-order valence-corrected chi connectivity index (χ0v) is 17.5. The van der Waals surface area contributed by atoms with Crippen molar-refractivity contribution in [3.63, 3.8) is 0 Å². The van der Waals surface area contributed by atoms with E-state index >= 15 is 0 Å². The van der Waals surface area contributed by atoms with Gasteiger partial charge in [0.1, 0.15) is 0 Å². The van der Waals surface area contributed by atoms with Crippen LogP contribution < -0.4 is 5.32 Å². The Kier molecular flexibility index (Phi) is 5.70. The molecule has 0 aromatic carbocycles. The third-order valence-corrected chi connectivity index (χ3v) is 7.02. The fraction of sp³-hybridized carbons (Fsp3) is 0.652. The van der Waals surface area contributed by atoms with Crippen LogP contribution in [0, 0.1) is 17.3 Å². The highest BCUT2D eigenvalue weighted by molar-refractivity contribution is 5.88. The summed E-state index contributed by atoms with van der Waals surface area (Å²) in [5.74, 6) is 0.942. The minimum Gasteiger partial charge on any atom is -0.350 e. The summed E-state index contributed by atoms with van der Waals surface area (Å²) in [5.41, 5.74) is 0.282. The van der Waals surface area contributed by atoms with Crippen LogP contribution in [0.25, 0.3) is 0 Å². The third kappa shape index (κ3) is 3.81. The van der Waals surface area contributed by atoms with E-state index in [9.17, 15) is 9.59 Å². The van der Waals surface area contributed by atoms with Gasteiger partial charge in [-0.1, -0.05) is 26.0 Å². The lowest BCUT2D eigenvalue weighted by Gasteiger charge is -2.37. The molecule has 6 nitrogen and oxygen atoms in total. The number of hydrogen-bond acceptors (Lipinski definition) is 4. The van der Waals surface area contributed by atoms with Crippen LogP contribution in [-0.2, 0) is 16.1 Å². The summed E-state index contributed by atoms with van der Waals surface area (Å²) in [7, 11) is 0. The molecule has 29 heavy (non-hydrogen) atoms. The Balaban J connectivity index is 1.53. The highest BCUT2D eigenvalue weighted by Crippen LogP contribution is 2.53. The van der Waals surface area contributed by atoms with Gasteiger partial charge in [0.05, 0.1) is 23.9 Å². The average molecular weight is 397 g/mol. The number of fused-ring (bicyclic) bond motifs is 2. The molecular weight excluding hydrogens is 364 g/mol. The normalized spacial score (nSPS) is 28.4. The number of rotatable bonds is 7. The van der Waals surface area contributed by atoms with Gasteiger partial charge in [-0.25, -0.2) is 0 Å². The molecule has 6 heteroatoms. The number of carbonyl (C=O) groups excluding carboxylic acids is 2. The van der Waals surface area contributed by atoms with Crippen molar-refractivity contribution in [2.75, 3.05) is 0 Å².